The van der Waals surface area contributed by atoms with E-state index in [9.17, 15) is 0 Å². The molecule has 0 atom stereocenters. The van der Waals surface area contributed by atoms with Gasteiger partial charge in [0.25, 0.3) is 0 Å². The van der Waals surface area contributed by atoms with Gasteiger partial charge in [0.2, 0.25) is 0 Å². The molecule has 3 nitrogen and oxygen atoms in total. The van der Waals surface area contributed by atoms with Crippen molar-refractivity contribution in [2.24, 2.45) is 7.05 Å². The van der Waals surface area contributed by atoms with Crippen LogP contribution in [0.4, 0.5) is 0 Å². The normalized spacial score (nSPS) is 23.4. The summed E-state index contributed by atoms with van der Waals surface area (Å²) in [5.41, 5.74) is 8.72. The fourth-order valence-corrected chi connectivity index (χ4v) is 7.20. The van der Waals surface area contributed by atoms with E-state index >= 15 is 0 Å². The topological polar surface area (TPSA) is 24.0 Å². The Bertz CT molecular complexity index is 1270. The standard InChI is InChI=1S/C31H41N3/c1-7-8-17-30(33(4)5)18-20-31(21-19-30,28-22(2)24-13-9-11-15-26(24)32-28)29-23(3)25-14-10-12-16-27(25)34(29)6/h9-16,32H,7-8,17-21H2,1-6H3. The number of aromatic nitrogens is 2. The summed E-state index contributed by atoms with van der Waals surface area (Å²) in [6.45, 7) is 7.00. The molecule has 1 N–H and O–H groups in total. The lowest BCUT2D eigenvalue weighted by atomic mass is 9.61. The number of H-pyrrole nitrogens is 1. The highest BCUT2D eigenvalue weighted by atomic mass is 15.1. The molecule has 1 saturated carbocycles. The van der Waals surface area contributed by atoms with Crippen molar-refractivity contribution in [2.45, 2.75) is 76.7 Å². The molecule has 3 heteroatoms. The smallest absolute Gasteiger partial charge is 0.0513 e. The third-order valence-electron chi connectivity index (χ3n) is 9.24. The molecule has 34 heavy (non-hydrogen) atoms. The van der Waals surface area contributed by atoms with Gasteiger partial charge in [-0.3, -0.25) is 0 Å². The molecule has 5 rings (SSSR count). The summed E-state index contributed by atoms with van der Waals surface area (Å²) in [6, 6.07) is 17.8. The van der Waals surface area contributed by atoms with Crippen LogP contribution in [0, 0.1) is 13.8 Å². The van der Waals surface area contributed by atoms with Crippen molar-refractivity contribution >= 4 is 21.8 Å². The number of benzene rings is 2. The molecule has 1 aliphatic rings. The number of fused-ring (bicyclic) bond motifs is 2. The average Bonchev–Trinajstić information content (AvgIpc) is 3.33. The minimum atomic E-state index is -0.00726. The highest BCUT2D eigenvalue weighted by molar-refractivity contribution is 5.88. The molecule has 1 fully saturated rings. The summed E-state index contributed by atoms with van der Waals surface area (Å²) < 4.78 is 2.50. The molecular formula is C31H41N3. The van der Waals surface area contributed by atoms with E-state index in [1.54, 1.807) is 0 Å². The quantitative estimate of drug-likeness (QED) is 0.317. The van der Waals surface area contributed by atoms with E-state index in [1.807, 2.05) is 0 Å². The third kappa shape index (κ3) is 3.35. The minimum absolute atomic E-state index is 0.00726. The van der Waals surface area contributed by atoms with E-state index in [-0.39, 0.29) is 5.41 Å². The molecule has 0 amide bonds. The van der Waals surface area contributed by atoms with Crippen LogP contribution in [0.3, 0.4) is 0 Å². The Hall–Kier alpha value is -2.52. The SMILES string of the molecule is CCCCC1(N(C)C)CCC(c2[nH]c3ccccc3c2C)(c2c(C)c3ccccc3n2C)CC1. The summed E-state index contributed by atoms with van der Waals surface area (Å²) in [6.07, 6.45) is 8.69. The first-order valence-electron chi connectivity index (χ1n) is 13.1. The van der Waals surface area contributed by atoms with E-state index in [1.165, 1.54) is 89.3 Å². The zero-order valence-electron chi connectivity index (χ0n) is 22.0. The van der Waals surface area contributed by atoms with Crippen LogP contribution in [0.5, 0.6) is 0 Å². The summed E-state index contributed by atoms with van der Waals surface area (Å²) in [5.74, 6) is 0. The molecule has 2 aromatic carbocycles. The van der Waals surface area contributed by atoms with E-state index in [2.05, 4.69) is 105 Å². The fraction of sp³-hybridized carbons (Fsp3) is 0.484. The van der Waals surface area contributed by atoms with E-state index in [0.29, 0.717) is 5.54 Å². The predicted molar refractivity (Wildman–Crippen MR) is 146 cm³/mol. The van der Waals surface area contributed by atoms with Crippen molar-refractivity contribution in [3.05, 3.63) is 71.0 Å². The third-order valence-corrected chi connectivity index (χ3v) is 9.24. The largest absolute Gasteiger partial charge is 0.357 e. The van der Waals surface area contributed by atoms with Gasteiger partial charge in [0.15, 0.2) is 0 Å². The molecule has 2 heterocycles. The van der Waals surface area contributed by atoms with Gasteiger partial charge in [0.1, 0.15) is 0 Å². The second kappa shape index (κ2) is 8.61. The van der Waals surface area contributed by atoms with E-state index in [4.69, 9.17) is 0 Å². The lowest BCUT2D eigenvalue weighted by Gasteiger charge is -2.50. The summed E-state index contributed by atoms with van der Waals surface area (Å²) in [7, 11) is 6.90. The van der Waals surface area contributed by atoms with Crippen LogP contribution in [0.25, 0.3) is 21.8 Å². The number of hydrogen-bond donors (Lipinski definition) is 1. The molecule has 0 aliphatic heterocycles. The van der Waals surface area contributed by atoms with Crippen molar-refractivity contribution in [1.29, 1.82) is 0 Å². The number of hydrogen-bond acceptors (Lipinski definition) is 1. The van der Waals surface area contributed by atoms with Crippen LogP contribution >= 0.6 is 0 Å². The maximum absolute atomic E-state index is 3.94. The monoisotopic (exact) mass is 455 g/mol. The number of rotatable bonds is 6. The Labute approximate surface area is 205 Å². The van der Waals surface area contributed by atoms with Crippen LogP contribution < -0.4 is 0 Å². The maximum atomic E-state index is 3.94. The number of aromatic amines is 1. The van der Waals surface area contributed by atoms with E-state index in [0.717, 1.165) is 0 Å². The lowest BCUT2D eigenvalue weighted by molar-refractivity contribution is 0.0637. The van der Waals surface area contributed by atoms with Gasteiger partial charge in [-0.05, 0) is 83.3 Å². The van der Waals surface area contributed by atoms with Gasteiger partial charge in [-0.25, -0.2) is 0 Å². The number of unbranched alkanes of at least 4 members (excludes halogenated alkanes) is 1. The minimum Gasteiger partial charge on any atom is -0.357 e. The van der Waals surface area contributed by atoms with E-state index < -0.39 is 0 Å². The Morgan fingerprint density at radius 2 is 1.53 bits per heavy atom. The van der Waals surface area contributed by atoms with Gasteiger partial charge < -0.3 is 14.5 Å². The van der Waals surface area contributed by atoms with Gasteiger partial charge in [0, 0.05) is 45.8 Å². The summed E-state index contributed by atoms with van der Waals surface area (Å²) >= 11 is 0. The van der Waals surface area contributed by atoms with Gasteiger partial charge in [-0.15, -0.1) is 0 Å². The second-order valence-corrected chi connectivity index (χ2v) is 11.0. The highest BCUT2D eigenvalue weighted by Gasteiger charge is 2.48. The van der Waals surface area contributed by atoms with Crippen LogP contribution in [0.1, 0.15) is 74.4 Å². The molecule has 2 aromatic heterocycles. The first kappa shape index (κ1) is 23.2. The average molecular weight is 456 g/mol. The van der Waals surface area contributed by atoms with Crippen LogP contribution in [0.2, 0.25) is 0 Å². The molecule has 0 radical (unpaired) electrons. The first-order chi connectivity index (χ1) is 16.3. The van der Waals surface area contributed by atoms with Gasteiger partial charge >= 0.3 is 0 Å². The Morgan fingerprint density at radius 3 is 2.15 bits per heavy atom. The number of nitrogens with zero attached hydrogens (tertiary/aromatic N) is 2. The molecular weight excluding hydrogens is 414 g/mol. The van der Waals surface area contributed by atoms with Crippen molar-refractivity contribution in [3.8, 4) is 0 Å². The van der Waals surface area contributed by atoms with Crippen molar-refractivity contribution in [2.75, 3.05) is 14.1 Å². The van der Waals surface area contributed by atoms with Crippen LogP contribution in [-0.2, 0) is 12.5 Å². The fourth-order valence-electron chi connectivity index (χ4n) is 7.20. The predicted octanol–water partition coefficient (Wildman–Crippen LogP) is 7.63. The molecule has 1 aliphatic carbocycles. The number of para-hydroxylation sites is 2. The van der Waals surface area contributed by atoms with Gasteiger partial charge in [-0.2, -0.15) is 0 Å². The first-order valence-corrected chi connectivity index (χ1v) is 13.1. The molecule has 4 aromatic rings. The van der Waals surface area contributed by atoms with Crippen molar-refractivity contribution in [1.82, 2.24) is 14.5 Å². The molecule has 0 bridgehead atoms. The number of nitrogens with one attached hydrogen (secondary N) is 1. The van der Waals surface area contributed by atoms with Crippen molar-refractivity contribution < 1.29 is 0 Å². The summed E-state index contributed by atoms with van der Waals surface area (Å²) in [4.78, 5) is 6.49. The Morgan fingerprint density at radius 1 is 0.882 bits per heavy atom. The van der Waals surface area contributed by atoms with Gasteiger partial charge in [-0.1, -0.05) is 56.2 Å². The van der Waals surface area contributed by atoms with Crippen LogP contribution in [-0.4, -0.2) is 34.1 Å². The molecule has 0 unspecified atom stereocenters. The van der Waals surface area contributed by atoms with Crippen molar-refractivity contribution in [3.63, 3.8) is 0 Å². The molecule has 180 valence electrons. The molecule has 0 spiro atoms. The lowest BCUT2D eigenvalue weighted by Crippen LogP contribution is -2.51. The molecule has 0 saturated heterocycles. The highest BCUT2D eigenvalue weighted by Crippen LogP contribution is 2.53. The second-order valence-electron chi connectivity index (χ2n) is 11.0. The zero-order chi connectivity index (χ0) is 24.1. The summed E-state index contributed by atoms with van der Waals surface area (Å²) in [5, 5.41) is 2.76. The van der Waals surface area contributed by atoms with Crippen LogP contribution in [0.15, 0.2) is 48.5 Å². The Kier molecular flexibility index (Phi) is 5.88. The van der Waals surface area contributed by atoms with Gasteiger partial charge in [0.05, 0.1) is 5.41 Å². The number of aryl methyl sites for hydroxylation is 3. The Balaban J connectivity index is 1.72. The maximum Gasteiger partial charge on any atom is 0.0513 e. The zero-order valence-corrected chi connectivity index (χ0v) is 22.0.